The second kappa shape index (κ2) is 8.31. The van der Waals surface area contributed by atoms with E-state index in [9.17, 15) is 8.78 Å². The molecule has 0 fully saturated rings. The molecular formula is C21H20F2N4O. The number of rotatable bonds is 5. The fourth-order valence-corrected chi connectivity index (χ4v) is 3.18. The molecule has 0 amide bonds. The minimum atomic E-state index is -0.826. The van der Waals surface area contributed by atoms with Crippen molar-refractivity contribution in [2.24, 2.45) is 0 Å². The molecule has 0 saturated carbocycles. The van der Waals surface area contributed by atoms with Gasteiger partial charge in [0.15, 0.2) is 11.6 Å². The number of hydrogen-bond donors (Lipinski definition) is 1. The van der Waals surface area contributed by atoms with Crippen LogP contribution in [0, 0.1) is 11.6 Å². The summed E-state index contributed by atoms with van der Waals surface area (Å²) in [5, 5.41) is 3.36. The zero-order chi connectivity index (χ0) is 19.3. The van der Waals surface area contributed by atoms with Crippen molar-refractivity contribution in [1.82, 2.24) is 14.9 Å². The SMILES string of the molecule is Fc1ccc(CN2CCNc3cnc(OCc4cccnc4)cc3C2)cc1F. The smallest absolute Gasteiger partial charge is 0.213 e. The third kappa shape index (κ3) is 4.43. The minimum Gasteiger partial charge on any atom is -0.473 e. The van der Waals surface area contributed by atoms with E-state index < -0.39 is 11.6 Å². The third-order valence-corrected chi connectivity index (χ3v) is 4.60. The molecule has 7 heteroatoms. The quantitative estimate of drug-likeness (QED) is 0.728. The fraction of sp³-hybridized carbons (Fsp3) is 0.238. The largest absolute Gasteiger partial charge is 0.473 e. The van der Waals surface area contributed by atoms with Gasteiger partial charge in [0.2, 0.25) is 5.88 Å². The topological polar surface area (TPSA) is 50.3 Å². The van der Waals surface area contributed by atoms with Crippen LogP contribution in [0.15, 0.2) is 55.0 Å². The fourth-order valence-electron chi connectivity index (χ4n) is 3.18. The van der Waals surface area contributed by atoms with Crippen molar-refractivity contribution in [2.75, 3.05) is 18.4 Å². The minimum absolute atomic E-state index is 0.394. The van der Waals surface area contributed by atoms with Crippen LogP contribution in [-0.4, -0.2) is 28.0 Å². The molecule has 0 unspecified atom stereocenters. The lowest BCUT2D eigenvalue weighted by molar-refractivity contribution is 0.268. The highest BCUT2D eigenvalue weighted by Crippen LogP contribution is 2.24. The van der Waals surface area contributed by atoms with E-state index in [2.05, 4.69) is 20.2 Å². The summed E-state index contributed by atoms with van der Waals surface area (Å²) in [5.74, 6) is -1.10. The highest BCUT2D eigenvalue weighted by molar-refractivity contribution is 5.51. The molecule has 144 valence electrons. The van der Waals surface area contributed by atoms with Crippen LogP contribution in [0.1, 0.15) is 16.7 Å². The second-order valence-electron chi connectivity index (χ2n) is 6.72. The molecule has 1 aliphatic heterocycles. The lowest BCUT2D eigenvalue weighted by Gasteiger charge is -2.20. The lowest BCUT2D eigenvalue weighted by Crippen LogP contribution is -2.25. The Balaban J connectivity index is 1.46. The van der Waals surface area contributed by atoms with Gasteiger partial charge in [0.25, 0.3) is 0 Å². The maximum absolute atomic E-state index is 13.5. The Morgan fingerprint density at radius 1 is 1.07 bits per heavy atom. The first-order valence-corrected chi connectivity index (χ1v) is 9.08. The van der Waals surface area contributed by atoms with Crippen LogP contribution in [-0.2, 0) is 19.7 Å². The second-order valence-corrected chi connectivity index (χ2v) is 6.72. The van der Waals surface area contributed by atoms with Gasteiger partial charge in [-0.15, -0.1) is 0 Å². The van der Waals surface area contributed by atoms with Crippen molar-refractivity contribution in [3.05, 3.63) is 83.3 Å². The monoisotopic (exact) mass is 382 g/mol. The van der Waals surface area contributed by atoms with Gasteiger partial charge >= 0.3 is 0 Å². The van der Waals surface area contributed by atoms with Crippen LogP contribution >= 0.6 is 0 Å². The van der Waals surface area contributed by atoms with Crippen LogP contribution in [0.25, 0.3) is 0 Å². The maximum Gasteiger partial charge on any atom is 0.213 e. The average Bonchev–Trinajstić information content (AvgIpc) is 2.91. The number of nitrogens with zero attached hydrogens (tertiary/aromatic N) is 3. The Hall–Kier alpha value is -3.06. The zero-order valence-electron chi connectivity index (χ0n) is 15.2. The number of anilines is 1. The molecule has 1 N–H and O–H groups in total. The van der Waals surface area contributed by atoms with Gasteiger partial charge in [-0.25, -0.2) is 13.8 Å². The maximum atomic E-state index is 13.5. The molecular weight excluding hydrogens is 362 g/mol. The van der Waals surface area contributed by atoms with Crippen LogP contribution < -0.4 is 10.1 Å². The van der Waals surface area contributed by atoms with Crippen molar-refractivity contribution in [1.29, 1.82) is 0 Å². The number of aromatic nitrogens is 2. The molecule has 1 aliphatic rings. The average molecular weight is 382 g/mol. The number of halogens is 2. The Morgan fingerprint density at radius 2 is 2.00 bits per heavy atom. The summed E-state index contributed by atoms with van der Waals surface area (Å²) in [6.45, 7) is 3.11. The van der Waals surface area contributed by atoms with Crippen molar-refractivity contribution in [3.8, 4) is 5.88 Å². The van der Waals surface area contributed by atoms with E-state index in [4.69, 9.17) is 4.74 Å². The van der Waals surface area contributed by atoms with E-state index in [-0.39, 0.29) is 0 Å². The van der Waals surface area contributed by atoms with Crippen LogP contribution in [0.2, 0.25) is 0 Å². The van der Waals surface area contributed by atoms with Gasteiger partial charge in [0.05, 0.1) is 11.9 Å². The predicted octanol–water partition coefficient (Wildman–Crippen LogP) is 3.76. The van der Waals surface area contributed by atoms with Crippen molar-refractivity contribution in [3.63, 3.8) is 0 Å². The summed E-state index contributed by atoms with van der Waals surface area (Å²) < 4.78 is 32.4. The van der Waals surface area contributed by atoms with E-state index in [0.29, 0.717) is 25.6 Å². The summed E-state index contributed by atoms with van der Waals surface area (Å²) in [5.41, 5.74) is 3.72. The summed E-state index contributed by atoms with van der Waals surface area (Å²) >= 11 is 0. The van der Waals surface area contributed by atoms with E-state index in [1.165, 1.54) is 12.1 Å². The Kier molecular flexibility index (Phi) is 5.43. The number of benzene rings is 1. The molecule has 0 spiro atoms. The van der Waals surface area contributed by atoms with Crippen LogP contribution in [0.3, 0.4) is 0 Å². The molecule has 4 rings (SSSR count). The molecule has 1 aromatic carbocycles. The molecule has 2 aromatic heterocycles. The molecule has 0 aliphatic carbocycles. The summed E-state index contributed by atoms with van der Waals surface area (Å²) in [7, 11) is 0. The number of fused-ring (bicyclic) bond motifs is 1. The van der Waals surface area contributed by atoms with Crippen LogP contribution in [0.4, 0.5) is 14.5 Å². The summed E-state index contributed by atoms with van der Waals surface area (Å²) in [6.07, 6.45) is 5.25. The first-order chi connectivity index (χ1) is 13.7. The normalized spacial score (nSPS) is 14.1. The van der Waals surface area contributed by atoms with E-state index in [1.54, 1.807) is 24.7 Å². The third-order valence-electron chi connectivity index (χ3n) is 4.60. The van der Waals surface area contributed by atoms with Gasteiger partial charge in [0, 0.05) is 50.2 Å². The van der Waals surface area contributed by atoms with E-state index in [1.807, 2.05) is 18.2 Å². The summed E-state index contributed by atoms with van der Waals surface area (Å²) in [4.78, 5) is 10.6. The van der Waals surface area contributed by atoms with Gasteiger partial charge in [0.1, 0.15) is 6.61 Å². The number of ether oxygens (including phenoxy) is 1. The van der Waals surface area contributed by atoms with Crippen molar-refractivity contribution in [2.45, 2.75) is 19.7 Å². The first-order valence-electron chi connectivity index (χ1n) is 9.08. The summed E-state index contributed by atoms with van der Waals surface area (Å²) in [6, 6.07) is 9.77. The predicted molar refractivity (Wildman–Crippen MR) is 102 cm³/mol. The Labute approximate surface area is 162 Å². The standard InChI is InChI=1S/C21H20F2N4O/c22-18-4-3-15(8-19(18)23)12-27-7-6-25-20-11-26-21(9-17(20)13-27)28-14-16-2-1-5-24-10-16/h1-5,8-11,25H,6-7,12-14H2. The molecule has 5 nitrogen and oxygen atoms in total. The number of nitrogens with one attached hydrogen (secondary N) is 1. The molecule has 3 heterocycles. The molecule has 0 saturated heterocycles. The van der Waals surface area contributed by atoms with Gasteiger partial charge in [-0.05, 0) is 29.3 Å². The van der Waals surface area contributed by atoms with Crippen LogP contribution in [0.5, 0.6) is 5.88 Å². The van der Waals surface area contributed by atoms with E-state index in [0.717, 1.165) is 35.5 Å². The van der Waals surface area contributed by atoms with Crippen molar-refractivity contribution < 1.29 is 13.5 Å². The molecule has 0 radical (unpaired) electrons. The lowest BCUT2D eigenvalue weighted by atomic mass is 10.1. The molecule has 3 aromatic rings. The van der Waals surface area contributed by atoms with E-state index >= 15 is 0 Å². The highest BCUT2D eigenvalue weighted by Gasteiger charge is 2.16. The van der Waals surface area contributed by atoms with Crippen molar-refractivity contribution >= 4 is 5.69 Å². The Morgan fingerprint density at radius 3 is 2.82 bits per heavy atom. The van der Waals surface area contributed by atoms with Gasteiger partial charge < -0.3 is 10.1 Å². The van der Waals surface area contributed by atoms with Gasteiger partial charge in [-0.3, -0.25) is 9.88 Å². The molecule has 0 atom stereocenters. The van der Waals surface area contributed by atoms with Gasteiger partial charge in [-0.2, -0.15) is 0 Å². The molecule has 28 heavy (non-hydrogen) atoms. The van der Waals surface area contributed by atoms with Gasteiger partial charge in [-0.1, -0.05) is 12.1 Å². The zero-order valence-corrected chi connectivity index (χ0v) is 15.2. The first kappa shape index (κ1) is 18.3. The number of hydrogen-bond acceptors (Lipinski definition) is 5. The number of pyridine rings is 2. The molecule has 0 bridgehead atoms. The Bertz CT molecular complexity index is 952. The highest BCUT2D eigenvalue weighted by atomic mass is 19.2.